The van der Waals surface area contributed by atoms with E-state index in [4.69, 9.17) is 0 Å². The number of hydrogen-bond donors (Lipinski definition) is 0. The molecule has 4 rings (SSSR count). The Bertz CT molecular complexity index is 264. The molecule has 4 saturated carbocycles. The predicted molar refractivity (Wildman–Crippen MR) is 60.1 cm³/mol. The molecule has 4 fully saturated rings. The van der Waals surface area contributed by atoms with Crippen LogP contribution < -0.4 is 0 Å². The first-order chi connectivity index (χ1) is 6.17. The normalized spacial score (nSPS) is 42.0. The van der Waals surface area contributed by atoms with E-state index < -0.39 is 0 Å². The average molecular weight is 306 g/mol. The summed E-state index contributed by atoms with van der Waals surface area (Å²) in [5, 5.41) is 0. The zero-order valence-corrected chi connectivity index (χ0v) is 10.8. The lowest BCUT2D eigenvalue weighted by Gasteiger charge is -2.17. The summed E-state index contributed by atoms with van der Waals surface area (Å²) in [5.74, 6) is 2.14. The molecule has 0 aromatic rings. The van der Waals surface area contributed by atoms with Gasteiger partial charge < -0.3 is 0 Å². The molecule has 4 aliphatic rings. The number of hydrogen-bond acceptors (Lipinski definition) is 0. The van der Waals surface area contributed by atoms with Gasteiger partial charge in [-0.2, -0.15) is 0 Å². The van der Waals surface area contributed by atoms with Crippen LogP contribution in [0.5, 0.6) is 0 Å². The van der Waals surface area contributed by atoms with Gasteiger partial charge in [0.1, 0.15) is 0 Å². The zero-order valence-electron chi connectivity index (χ0n) is 7.65. The first-order valence-corrected chi connectivity index (χ1v) is 7.13. The van der Waals surface area contributed by atoms with E-state index in [-0.39, 0.29) is 0 Å². The van der Waals surface area contributed by atoms with Crippen LogP contribution in [0.25, 0.3) is 0 Å². The fourth-order valence-corrected chi connectivity index (χ4v) is 7.52. The van der Waals surface area contributed by atoms with E-state index in [0.29, 0.717) is 14.1 Å². The van der Waals surface area contributed by atoms with Crippen molar-refractivity contribution in [1.82, 2.24) is 0 Å². The highest BCUT2D eigenvalue weighted by atomic mass is 79.9. The van der Waals surface area contributed by atoms with E-state index in [1.54, 1.807) is 0 Å². The quantitative estimate of drug-likeness (QED) is 0.675. The van der Waals surface area contributed by atoms with Gasteiger partial charge >= 0.3 is 0 Å². The standard InChI is InChI=1S/C11H14Br2/c12-11(13)9(5-6-9)10(11,7-1-2-7)8-3-4-8/h7-8H,1-6H2. The van der Waals surface area contributed by atoms with Crippen LogP contribution in [-0.2, 0) is 0 Å². The molecule has 4 aliphatic carbocycles. The summed E-state index contributed by atoms with van der Waals surface area (Å²) in [6, 6.07) is 0. The van der Waals surface area contributed by atoms with Crippen molar-refractivity contribution in [3.63, 3.8) is 0 Å². The summed E-state index contributed by atoms with van der Waals surface area (Å²) in [6.07, 6.45) is 9.01. The van der Waals surface area contributed by atoms with Crippen molar-refractivity contribution < 1.29 is 0 Å². The summed E-state index contributed by atoms with van der Waals surface area (Å²) in [5.41, 5.74) is 1.42. The lowest BCUT2D eigenvalue weighted by atomic mass is 9.90. The summed E-state index contributed by atoms with van der Waals surface area (Å²) >= 11 is 7.98. The minimum Gasteiger partial charge on any atom is -0.0714 e. The van der Waals surface area contributed by atoms with Crippen molar-refractivity contribution in [3.05, 3.63) is 0 Å². The van der Waals surface area contributed by atoms with Crippen molar-refractivity contribution in [2.45, 2.75) is 41.8 Å². The zero-order chi connectivity index (χ0) is 8.90. The van der Waals surface area contributed by atoms with Gasteiger partial charge in [-0.3, -0.25) is 0 Å². The predicted octanol–water partition coefficient (Wildman–Crippen LogP) is 4.07. The fraction of sp³-hybridized carbons (Fsp3) is 1.00. The van der Waals surface area contributed by atoms with Gasteiger partial charge in [0, 0.05) is 10.8 Å². The molecule has 0 heterocycles. The molecule has 13 heavy (non-hydrogen) atoms. The molecule has 0 aliphatic heterocycles. The maximum atomic E-state index is 3.99. The number of rotatable bonds is 2. The van der Waals surface area contributed by atoms with Gasteiger partial charge in [0.2, 0.25) is 0 Å². The van der Waals surface area contributed by atoms with Crippen LogP contribution in [0.2, 0.25) is 0 Å². The van der Waals surface area contributed by atoms with E-state index in [0.717, 1.165) is 11.8 Å². The van der Waals surface area contributed by atoms with E-state index in [1.807, 2.05) is 0 Å². The molecule has 0 atom stereocenters. The maximum absolute atomic E-state index is 3.99. The van der Waals surface area contributed by atoms with E-state index in [9.17, 15) is 0 Å². The summed E-state index contributed by atoms with van der Waals surface area (Å²) in [7, 11) is 0. The lowest BCUT2D eigenvalue weighted by Crippen LogP contribution is -2.15. The third kappa shape index (κ3) is 0.649. The van der Waals surface area contributed by atoms with E-state index >= 15 is 0 Å². The van der Waals surface area contributed by atoms with Crippen LogP contribution in [0.3, 0.4) is 0 Å². The van der Waals surface area contributed by atoms with E-state index in [1.165, 1.54) is 38.5 Å². The first kappa shape index (κ1) is 8.15. The molecule has 0 nitrogen and oxygen atoms in total. The smallest absolute Gasteiger partial charge is 0.0714 e. The topological polar surface area (TPSA) is 0 Å². The lowest BCUT2D eigenvalue weighted by molar-refractivity contribution is 0.330. The molecule has 0 aromatic heterocycles. The Morgan fingerprint density at radius 1 is 0.846 bits per heavy atom. The fourth-order valence-electron chi connectivity index (χ4n) is 4.21. The second-order valence-corrected chi connectivity index (χ2v) is 9.02. The van der Waals surface area contributed by atoms with Crippen LogP contribution in [-0.4, -0.2) is 3.23 Å². The summed E-state index contributed by atoms with van der Waals surface area (Å²) in [4.78, 5) is 0. The third-order valence-corrected chi connectivity index (χ3v) is 7.87. The average Bonchev–Trinajstić information content (AvgIpc) is 2.93. The largest absolute Gasteiger partial charge is 0.0934 e. The third-order valence-electron chi connectivity index (χ3n) is 5.04. The Morgan fingerprint density at radius 2 is 1.31 bits per heavy atom. The van der Waals surface area contributed by atoms with Crippen molar-refractivity contribution in [1.29, 1.82) is 0 Å². The minimum absolute atomic E-state index is 0.363. The number of halogens is 2. The molecule has 72 valence electrons. The maximum Gasteiger partial charge on any atom is 0.0934 e. The molecule has 0 amide bonds. The second-order valence-electron chi connectivity index (χ2n) is 5.57. The molecule has 0 unspecified atom stereocenters. The van der Waals surface area contributed by atoms with Gasteiger partial charge in [0.05, 0.1) is 3.23 Å². The van der Waals surface area contributed by atoms with Crippen molar-refractivity contribution in [2.24, 2.45) is 22.7 Å². The molecule has 0 saturated heterocycles. The summed E-state index contributed by atoms with van der Waals surface area (Å²) in [6.45, 7) is 0. The van der Waals surface area contributed by atoms with Gasteiger partial charge in [0.15, 0.2) is 0 Å². The van der Waals surface area contributed by atoms with Crippen molar-refractivity contribution in [2.75, 3.05) is 0 Å². The Labute approximate surface area is 96.1 Å². The van der Waals surface area contributed by atoms with Crippen LogP contribution in [0.15, 0.2) is 0 Å². The van der Waals surface area contributed by atoms with Gasteiger partial charge in [-0.05, 0) is 50.4 Å². The Morgan fingerprint density at radius 3 is 1.54 bits per heavy atom. The molecule has 0 N–H and O–H groups in total. The highest BCUT2D eigenvalue weighted by Gasteiger charge is 2.94. The molecule has 0 radical (unpaired) electrons. The van der Waals surface area contributed by atoms with Gasteiger partial charge in [-0.15, -0.1) is 0 Å². The molecule has 2 heteroatoms. The Hall–Kier alpha value is 0.960. The second kappa shape index (κ2) is 1.93. The molecular formula is C11H14Br2. The minimum atomic E-state index is 0.363. The number of alkyl halides is 2. The molecular weight excluding hydrogens is 292 g/mol. The Kier molecular flexibility index (Phi) is 1.21. The molecule has 0 bridgehead atoms. The van der Waals surface area contributed by atoms with Crippen LogP contribution in [0.1, 0.15) is 38.5 Å². The molecule has 0 aromatic carbocycles. The Balaban J connectivity index is 1.82. The van der Waals surface area contributed by atoms with Gasteiger partial charge in [-0.25, -0.2) is 0 Å². The monoisotopic (exact) mass is 304 g/mol. The van der Waals surface area contributed by atoms with Crippen LogP contribution in [0, 0.1) is 22.7 Å². The van der Waals surface area contributed by atoms with E-state index in [2.05, 4.69) is 31.9 Å². The van der Waals surface area contributed by atoms with Gasteiger partial charge in [0.25, 0.3) is 0 Å². The highest BCUT2D eigenvalue weighted by Crippen LogP contribution is 2.98. The SMILES string of the molecule is BrC1(Br)C2(CC2)C1(C1CC1)C1CC1. The van der Waals surface area contributed by atoms with Crippen molar-refractivity contribution >= 4 is 31.9 Å². The van der Waals surface area contributed by atoms with Crippen LogP contribution in [0.4, 0.5) is 0 Å². The summed E-state index contributed by atoms with van der Waals surface area (Å²) < 4.78 is 0.363. The van der Waals surface area contributed by atoms with Crippen LogP contribution >= 0.6 is 31.9 Å². The van der Waals surface area contributed by atoms with Gasteiger partial charge in [-0.1, -0.05) is 31.9 Å². The highest BCUT2D eigenvalue weighted by molar-refractivity contribution is 9.25. The van der Waals surface area contributed by atoms with Crippen molar-refractivity contribution in [3.8, 4) is 0 Å². The first-order valence-electron chi connectivity index (χ1n) is 5.55. The molecule has 1 spiro atoms.